The Balaban J connectivity index is 1.31. The molecule has 0 aliphatic carbocycles. The Bertz CT molecular complexity index is 1040. The minimum absolute atomic E-state index is 0.0633. The Morgan fingerprint density at radius 2 is 1.77 bits per heavy atom. The van der Waals surface area contributed by atoms with E-state index in [4.69, 9.17) is 45.3 Å². The summed E-state index contributed by atoms with van der Waals surface area (Å²) in [5.41, 5.74) is 7.11. The van der Waals surface area contributed by atoms with Crippen LogP contribution in [0.15, 0.2) is 30.3 Å². The Morgan fingerprint density at radius 3 is 2.46 bits per heavy atom. The summed E-state index contributed by atoms with van der Waals surface area (Å²) in [4.78, 5) is 27.4. The van der Waals surface area contributed by atoms with Gasteiger partial charge in [0.2, 0.25) is 0 Å². The molecule has 190 valence electrons. The van der Waals surface area contributed by atoms with Crippen molar-refractivity contribution < 1.29 is 14.3 Å². The number of ketones is 1. The van der Waals surface area contributed by atoms with Crippen LogP contribution < -0.4 is 15.8 Å². The molecule has 0 unspecified atom stereocenters. The summed E-state index contributed by atoms with van der Waals surface area (Å²) in [7, 11) is 1.50. The number of benzene rings is 2. The molecular weight excluding hydrogens is 509 g/mol. The summed E-state index contributed by atoms with van der Waals surface area (Å²) in [6.07, 6.45) is 5.46. The lowest BCUT2D eigenvalue weighted by Gasteiger charge is -2.32. The Kier molecular flexibility index (Phi) is 10.5. The molecular formula is C26H32Cl3N3O3. The van der Waals surface area contributed by atoms with Gasteiger partial charge >= 0.3 is 0 Å². The molecule has 3 rings (SSSR count). The highest BCUT2D eigenvalue weighted by molar-refractivity contribution is 6.36. The van der Waals surface area contributed by atoms with Crippen molar-refractivity contribution >= 4 is 52.2 Å². The van der Waals surface area contributed by atoms with E-state index in [9.17, 15) is 9.59 Å². The third kappa shape index (κ3) is 8.01. The average Bonchev–Trinajstić information content (AvgIpc) is 2.84. The first kappa shape index (κ1) is 27.6. The summed E-state index contributed by atoms with van der Waals surface area (Å²) in [6, 6.07) is 8.11. The molecule has 2 aromatic carbocycles. The predicted octanol–water partition coefficient (Wildman–Crippen LogP) is 6.12. The number of likely N-dealkylation sites (tertiary alicyclic amines) is 1. The van der Waals surface area contributed by atoms with E-state index in [1.807, 2.05) is 0 Å². The van der Waals surface area contributed by atoms with E-state index in [0.29, 0.717) is 56.5 Å². The molecule has 6 nitrogen and oxygen atoms in total. The van der Waals surface area contributed by atoms with Crippen LogP contribution >= 0.6 is 34.8 Å². The third-order valence-electron chi connectivity index (χ3n) is 6.43. The number of methoxy groups -OCH3 is 1. The number of nitrogen functional groups attached to an aromatic ring is 1. The first-order valence-corrected chi connectivity index (χ1v) is 13.0. The molecule has 0 atom stereocenters. The van der Waals surface area contributed by atoms with Crippen molar-refractivity contribution in [2.45, 2.75) is 38.5 Å². The lowest BCUT2D eigenvalue weighted by molar-refractivity contribution is 0.0932. The average molecular weight is 541 g/mol. The van der Waals surface area contributed by atoms with Crippen molar-refractivity contribution in [1.29, 1.82) is 0 Å². The van der Waals surface area contributed by atoms with Crippen LogP contribution in [0.1, 0.15) is 59.2 Å². The fourth-order valence-electron chi connectivity index (χ4n) is 4.31. The van der Waals surface area contributed by atoms with Crippen LogP contribution in [0.25, 0.3) is 0 Å². The molecule has 2 aromatic rings. The first-order valence-electron chi connectivity index (χ1n) is 11.9. The highest BCUT2D eigenvalue weighted by atomic mass is 35.5. The number of Topliss-reactive ketones (excluding diaryl/α,β-unsaturated/α-hetero) is 1. The molecule has 1 aliphatic heterocycles. The number of carbonyl (C=O) groups is 2. The molecule has 0 radical (unpaired) electrons. The van der Waals surface area contributed by atoms with Crippen LogP contribution in [0.3, 0.4) is 0 Å². The van der Waals surface area contributed by atoms with Crippen molar-refractivity contribution in [3.05, 3.63) is 56.5 Å². The summed E-state index contributed by atoms with van der Waals surface area (Å²) in [5.74, 6) is 0.707. The maximum atomic E-state index is 12.6. The molecule has 0 aromatic heterocycles. The van der Waals surface area contributed by atoms with Gasteiger partial charge in [-0.05, 0) is 75.5 Å². The van der Waals surface area contributed by atoms with E-state index in [0.717, 1.165) is 51.7 Å². The lowest BCUT2D eigenvalue weighted by atomic mass is 9.96. The third-order valence-corrected chi connectivity index (χ3v) is 7.31. The van der Waals surface area contributed by atoms with Crippen LogP contribution in [-0.4, -0.2) is 49.9 Å². The predicted molar refractivity (Wildman–Crippen MR) is 143 cm³/mol. The topological polar surface area (TPSA) is 84.7 Å². The zero-order chi connectivity index (χ0) is 25.4. The van der Waals surface area contributed by atoms with Gasteiger partial charge in [-0.2, -0.15) is 0 Å². The molecule has 3 N–H and O–H groups in total. The molecule has 0 spiro atoms. The van der Waals surface area contributed by atoms with Gasteiger partial charge in [0.15, 0.2) is 5.78 Å². The van der Waals surface area contributed by atoms with Gasteiger partial charge in [-0.25, -0.2) is 0 Å². The number of unbranched alkanes of at least 4 members (excludes halogenated alkanes) is 2. The monoisotopic (exact) mass is 539 g/mol. The number of rotatable bonds is 11. The summed E-state index contributed by atoms with van der Waals surface area (Å²) >= 11 is 18.1. The van der Waals surface area contributed by atoms with Gasteiger partial charge in [-0.15, -0.1) is 0 Å². The van der Waals surface area contributed by atoms with Crippen molar-refractivity contribution in [3.63, 3.8) is 0 Å². The van der Waals surface area contributed by atoms with Gasteiger partial charge in [0.05, 0.1) is 28.4 Å². The second-order valence-corrected chi connectivity index (χ2v) is 10.2. The minimum atomic E-state index is -0.208. The highest BCUT2D eigenvalue weighted by Crippen LogP contribution is 2.29. The highest BCUT2D eigenvalue weighted by Gasteiger charge is 2.21. The molecule has 0 saturated carbocycles. The van der Waals surface area contributed by atoms with Crippen LogP contribution in [0.4, 0.5) is 5.69 Å². The largest absolute Gasteiger partial charge is 0.496 e. The second-order valence-electron chi connectivity index (χ2n) is 8.93. The van der Waals surface area contributed by atoms with E-state index in [-0.39, 0.29) is 11.7 Å². The summed E-state index contributed by atoms with van der Waals surface area (Å²) in [6.45, 7) is 3.66. The number of hydrogen-bond acceptors (Lipinski definition) is 5. The lowest BCUT2D eigenvalue weighted by Crippen LogP contribution is -2.39. The molecule has 0 bridgehead atoms. The van der Waals surface area contributed by atoms with Gasteiger partial charge in [0.25, 0.3) is 5.91 Å². The van der Waals surface area contributed by atoms with E-state index < -0.39 is 0 Å². The van der Waals surface area contributed by atoms with Gasteiger partial charge in [0.1, 0.15) is 5.75 Å². The Hall–Kier alpha value is -1.99. The number of halogens is 3. The van der Waals surface area contributed by atoms with Crippen LogP contribution in [0, 0.1) is 5.92 Å². The number of anilines is 1. The number of nitrogens with two attached hydrogens (primary N) is 1. The van der Waals surface area contributed by atoms with Gasteiger partial charge < -0.3 is 20.7 Å². The van der Waals surface area contributed by atoms with Gasteiger partial charge in [0, 0.05) is 29.6 Å². The molecule has 1 saturated heterocycles. The van der Waals surface area contributed by atoms with E-state index in [1.165, 1.54) is 7.11 Å². The molecule has 35 heavy (non-hydrogen) atoms. The van der Waals surface area contributed by atoms with Gasteiger partial charge in [-0.1, -0.05) is 41.2 Å². The molecule has 1 amide bonds. The number of nitrogens with zero attached hydrogens (tertiary/aromatic N) is 1. The van der Waals surface area contributed by atoms with Crippen molar-refractivity contribution in [2.75, 3.05) is 39.0 Å². The number of ether oxygens (including phenoxy) is 1. The SMILES string of the molecule is COc1cc(N)c(Cl)cc1C(=O)NCC1CCN(CCCCCC(=O)c2ccc(Cl)cc2Cl)CC1. The van der Waals surface area contributed by atoms with Crippen molar-refractivity contribution in [2.24, 2.45) is 5.92 Å². The summed E-state index contributed by atoms with van der Waals surface area (Å²) in [5, 5.41) is 4.29. The van der Waals surface area contributed by atoms with E-state index in [2.05, 4.69) is 10.2 Å². The van der Waals surface area contributed by atoms with Gasteiger partial charge in [-0.3, -0.25) is 9.59 Å². The molecule has 9 heteroatoms. The number of hydrogen-bond donors (Lipinski definition) is 2. The molecule has 1 aliphatic rings. The minimum Gasteiger partial charge on any atom is -0.496 e. The quantitative estimate of drug-likeness (QED) is 0.204. The standard InChI is InChI=1S/C26H32Cl3N3O3/c1-35-25-15-23(30)22(29)14-20(25)26(34)31-16-17-8-11-32(12-9-17)10-4-2-3-5-24(33)19-7-6-18(27)13-21(19)28/h6-7,13-15,17H,2-5,8-12,16,30H2,1H3,(H,31,34). The molecule has 1 heterocycles. The van der Waals surface area contributed by atoms with Crippen LogP contribution in [-0.2, 0) is 0 Å². The van der Waals surface area contributed by atoms with E-state index >= 15 is 0 Å². The maximum absolute atomic E-state index is 12.6. The van der Waals surface area contributed by atoms with Crippen molar-refractivity contribution in [3.8, 4) is 5.75 Å². The smallest absolute Gasteiger partial charge is 0.255 e. The summed E-state index contributed by atoms with van der Waals surface area (Å²) < 4.78 is 5.27. The Morgan fingerprint density at radius 1 is 1.03 bits per heavy atom. The number of carbonyl (C=O) groups excluding carboxylic acids is 2. The normalized spacial score (nSPS) is 14.6. The number of piperidine rings is 1. The first-order chi connectivity index (χ1) is 16.8. The molecule has 1 fully saturated rings. The number of amides is 1. The second kappa shape index (κ2) is 13.4. The van der Waals surface area contributed by atoms with Crippen molar-refractivity contribution in [1.82, 2.24) is 10.2 Å². The maximum Gasteiger partial charge on any atom is 0.255 e. The number of nitrogens with one attached hydrogen (secondary N) is 1. The van der Waals surface area contributed by atoms with Crippen LogP contribution in [0.2, 0.25) is 15.1 Å². The fourth-order valence-corrected chi connectivity index (χ4v) is 4.99. The van der Waals surface area contributed by atoms with Crippen LogP contribution in [0.5, 0.6) is 5.75 Å². The Labute approximate surface area is 222 Å². The van der Waals surface area contributed by atoms with E-state index in [1.54, 1.807) is 30.3 Å². The fraction of sp³-hybridized carbons (Fsp3) is 0.462. The zero-order valence-corrected chi connectivity index (χ0v) is 22.2. The zero-order valence-electron chi connectivity index (χ0n) is 19.9.